The zero-order valence-electron chi connectivity index (χ0n) is 19.7. The van der Waals surface area contributed by atoms with Gasteiger partial charge in [-0.3, -0.25) is 14.5 Å². The summed E-state index contributed by atoms with van der Waals surface area (Å²) in [6.45, 7) is 1.74. The molecule has 1 saturated carbocycles. The van der Waals surface area contributed by atoms with Gasteiger partial charge in [-0.1, -0.05) is 42.5 Å². The van der Waals surface area contributed by atoms with Gasteiger partial charge in [0.1, 0.15) is 5.75 Å². The normalized spacial score (nSPS) is 15.8. The molecule has 7 heteroatoms. The maximum atomic E-state index is 13.0. The molecule has 0 unspecified atom stereocenters. The first kappa shape index (κ1) is 23.1. The van der Waals surface area contributed by atoms with E-state index in [4.69, 9.17) is 9.47 Å². The Morgan fingerprint density at radius 3 is 2.29 bits per heavy atom. The molecule has 1 aliphatic heterocycles. The molecule has 3 aromatic rings. The van der Waals surface area contributed by atoms with Gasteiger partial charge in [0.25, 0.3) is 5.91 Å². The summed E-state index contributed by atoms with van der Waals surface area (Å²) >= 11 is 0. The van der Waals surface area contributed by atoms with Gasteiger partial charge in [-0.25, -0.2) is 0 Å². The van der Waals surface area contributed by atoms with Crippen LogP contribution in [0.4, 0.5) is 11.4 Å². The number of methoxy groups -OCH3 is 1. The molecule has 0 bridgehead atoms. The molecule has 35 heavy (non-hydrogen) atoms. The second-order valence-electron chi connectivity index (χ2n) is 9.03. The molecular weight excluding hydrogens is 442 g/mol. The van der Waals surface area contributed by atoms with Crippen LogP contribution < -0.4 is 15.4 Å². The molecule has 2 aliphatic rings. The third-order valence-electron chi connectivity index (χ3n) is 6.21. The number of hydrogen-bond acceptors (Lipinski definition) is 5. The summed E-state index contributed by atoms with van der Waals surface area (Å²) in [5, 5.41) is 5.87. The molecule has 3 aromatic carbocycles. The topological polar surface area (TPSA) is 79.9 Å². The Bertz CT molecular complexity index is 1190. The molecule has 1 saturated heterocycles. The van der Waals surface area contributed by atoms with Crippen LogP contribution in [0.5, 0.6) is 5.75 Å². The van der Waals surface area contributed by atoms with Crippen molar-refractivity contribution < 1.29 is 19.1 Å². The SMILES string of the molecule is COC1CN(CC(=O)Nc2cc(C(=O)Nc3ccc(-c4ccccc4)cc3)ccc2OC2CC2)C1. The molecule has 2 N–H and O–H groups in total. The number of ether oxygens (including phenoxy) is 2. The second-order valence-corrected chi connectivity index (χ2v) is 9.03. The van der Waals surface area contributed by atoms with Crippen LogP contribution in [0.2, 0.25) is 0 Å². The summed E-state index contributed by atoms with van der Waals surface area (Å²) in [5.41, 5.74) is 3.85. The molecule has 2 amide bonds. The summed E-state index contributed by atoms with van der Waals surface area (Å²) in [7, 11) is 1.68. The summed E-state index contributed by atoms with van der Waals surface area (Å²) in [4.78, 5) is 27.6. The van der Waals surface area contributed by atoms with E-state index in [0.717, 1.165) is 37.1 Å². The lowest BCUT2D eigenvalue weighted by Gasteiger charge is -2.37. The van der Waals surface area contributed by atoms with Gasteiger partial charge >= 0.3 is 0 Å². The standard InChI is InChI=1S/C28H29N3O4/c1-34-24-16-31(17-24)18-27(32)30-25-15-21(9-14-26(25)35-23-12-13-23)28(33)29-22-10-7-20(8-11-22)19-5-3-2-4-6-19/h2-11,14-15,23-24H,12-13,16-18H2,1H3,(H,29,33)(H,30,32). The summed E-state index contributed by atoms with van der Waals surface area (Å²) in [5.74, 6) is 0.189. The van der Waals surface area contributed by atoms with Crippen LogP contribution in [-0.2, 0) is 9.53 Å². The first-order valence-corrected chi connectivity index (χ1v) is 11.9. The second kappa shape index (κ2) is 10.3. The van der Waals surface area contributed by atoms with E-state index in [1.54, 1.807) is 25.3 Å². The minimum absolute atomic E-state index is 0.144. The summed E-state index contributed by atoms with van der Waals surface area (Å²) in [6.07, 6.45) is 2.36. The first-order valence-electron chi connectivity index (χ1n) is 11.9. The van der Waals surface area contributed by atoms with Crippen molar-refractivity contribution in [2.24, 2.45) is 0 Å². The number of nitrogens with one attached hydrogen (secondary N) is 2. The average Bonchev–Trinajstić information content (AvgIpc) is 3.67. The number of likely N-dealkylation sites (tertiary alicyclic amines) is 1. The van der Waals surface area contributed by atoms with Crippen molar-refractivity contribution in [3.05, 3.63) is 78.4 Å². The average molecular weight is 472 g/mol. The van der Waals surface area contributed by atoms with Crippen LogP contribution >= 0.6 is 0 Å². The number of anilines is 2. The van der Waals surface area contributed by atoms with E-state index in [1.807, 2.05) is 59.5 Å². The highest BCUT2D eigenvalue weighted by Gasteiger charge is 2.29. The van der Waals surface area contributed by atoms with Crippen LogP contribution in [0.15, 0.2) is 72.8 Å². The van der Waals surface area contributed by atoms with Crippen molar-refractivity contribution in [2.45, 2.75) is 25.0 Å². The van der Waals surface area contributed by atoms with E-state index in [9.17, 15) is 9.59 Å². The number of carbonyl (C=O) groups excluding carboxylic acids is 2. The highest BCUT2D eigenvalue weighted by Crippen LogP contribution is 2.33. The van der Waals surface area contributed by atoms with Gasteiger partial charge < -0.3 is 20.1 Å². The summed E-state index contributed by atoms with van der Waals surface area (Å²) < 4.78 is 11.2. The number of nitrogens with zero attached hydrogens (tertiary/aromatic N) is 1. The minimum Gasteiger partial charge on any atom is -0.488 e. The molecule has 1 heterocycles. The molecule has 180 valence electrons. The van der Waals surface area contributed by atoms with Gasteiger partial charge in [0, 0.05) is 31.5 Å². The maximum Gasteiger partial charge on any atom is 0.255 e. The number of carbonyl (C=O) groups is 2. The third-order valence-corrected chi connectivity index (χ3v) is 6.21. The van der Waals surface area contributed by atoms with E-state index in [0.29, 0.717) is 22.7 Å². The van der Waals surface area contributed by atoms with Gasteiger partial charge in [-0.05, 0) is 54.3 Å². The van der Waals surface area contributed by atoms with E-state index >= 15 is 0 Å². The zero-order chi connectivity index (χ0) is 24.2. The third kappa shape index (κ3) is 5.88. The molecule has 0 radical (unpaired) electrons. The van der Waals surface area contributed by atoms with Crippen molar-refractivity contribution >= 4 is 23.2 Å². The van der Waals surface area contributed by atoms with Gasteiger partial charge in [0.2, 0.25) is 5.91 Å². The molecule has 5 rings (SSSR count). The number of benzene rings is 3. The van der Waals surface area contributed by atoms with Crippen LogP contribution in [0.3, 0.4) is 0 Å². The number of amides is 2. The van der Waals surface area contributed by atoms with Crippen molar-refractivity contribution in [2.75, 3.05) is 37.4 Å². The van der Waals surface area contributed by atoms with Crippen molar-refractivity contribution in [3.63, 3.8) is 0 Å². The lowest BCUT2D eigenvalue weighted by Crippen LogP contribution is -2.54. The largest absolute Gasteiger partial charge is 0.488 e. The monoisotopic (exact) mass is 471 g/mol. The Morgan fingerprint density at radius 1 is 0.886 bits per heavy atom. The van der Waals surface area contributed by atoms with Crippen molar-refractivity contribution in [1.29, 1.82) is 0 Å². The summed E-state index contributed by atoms with van der Waals surface area (Å²) in [6, 6.07) is 23.0. The number of rotatable bonds is 9. The Morgan fingerprint density at radius 2 is 1.60 bits per heavy atom. The quantitative estimate of drug-likeness (QED) is 0.483. The smallest absolute Gasteiger partial charge is 0.255 e. The molecule has 1 aliphatic carbocycles. The highest BCUT2D eigenvalue weighted by molar-refractivity contribution is 6.06. The van der Waals surface area contributed by atoms with Gasteiger partial charge in [0.15, 0.2) is 0 Å². The Kier molecular flexibility index (Phi) is 6.79. The fourth-order valence-corrected chi connectivity index (χ4v) is 4.01. The Labute approximate surface area is 205 Å². The first-order chi connectivity index (χ1) is 17.1. The molecule has 0 aromatic heterocycles. The van der Waals surface area contributed by atoms with Crippen LogP contribution in [0, 0.1) is 0 Å². The predicted molar refractivity (Wildman–Crippen MR) is 136 cm³/mol. The Hall–Kier alpha value is -3.68. The van der Waals surface area contributed by atoms with Gasteiger partial charge in [0.05, 0.1) is 24.4 Å². The van der Waals surface area contributed by atoms with E-state index in [-0.39, 0.29) is 30.6 Å². The molecular formula is C28H29N3O4. The molecule has 2 fully saturated rings. The lowest BCUT2D eigenvalue weighted by molar-refractivity contribution is -0.120. The minimum atomic E-state index is -0.253. The van der Waals surface area contributed by atoms with Crippen molar-refractivity contribution in [3.8, 4) is 16.9 Å². The lowest BCUT2D eigenvalue weighted by atomic mass is 10.1. The molecule has 0 spiro atoms. The van der Waals surface area contributed by atoms with Crippen LogP contribution in [0.1, 0.15) is 23.2 Å². The van der Waals surface area contributed by atoms with E-state index in [1.165, 1.54) is 0 Å². The van der Waals surface area contributed by atoms with Crippen LogP contribution in [-0.4, -0.2) is 55.7 Å². The zero-order valence-corrected chi connectivity index (χ0v) is 19.7. The maximum absolute atomic E-state index is 13.0. The Balaban J connectivity index is 1.26. The van der Waals surface area contributed by atoms with Gasteiger partial charge in [-0.15, -0.1) is 0 Å². The fraction of sp³-hybridized carbons (Fsp3) is 0.286. The highest BCUT2D eigenvalue weighted by atomic mass is 16.5. The van der Waals surface area contributed by atoms with E-state index < -0.39 is 0 Å². The van der Waals surface area contributed by atoms with Gasteiger partial charge in [-0.2, -0.15) is 0 Å². The van der Waals surface area contributed by atoms with E-state index in [2.05, 4.69) is 10.6 Å². The predicted octanol–water partition coefficient (Wildman–Crippen LogP) is 4.42. The number of hydrogen-bond donors (Lipinski definition) is 2. The molecule has 7 nitrogen and oxygen atoms in total. The fourth-order valence-electron chi connectivity index (χ4n) is 4.01. The van der Waals surface area contributed by atoms with Crippen molar-refractivity contribution in [1.82, 2.24) is 4.90 Å². The van der Waals surface area contributed by atoms with Crippen LogP contribution in [0.25, 0.3) is 11.1 Å². The molecule has 0 atom stereocenters.